The number of hydrogen-bond donors (Lipinski definition) is 2. The lowest BCUT2D eigenvalue weighted by molar-refractivity contribution is -0.120. The average Bonchev–Trinajstić information content (AvgIpc) is 2.28. The fraction of sp³-hybridized carbons (Fsp3) is 0.364. The van der Waals surface area contributed by atoms with Crippen LogP contribution in [0.3, 0.4) is 0 Å². The van der Waals surface area contributed by atoms with E-state index in [0.29, 0.717) is 18.7 Å². The Morgan fingerprint density at radius 3 is 2.88 bits per heavy atom. The number of halogens is 2. The summed E-state index contributed by atoms with van der Waals surface area (Å²) in [6, 6.07) is 3.34. The number of nitrogens with two attached hydrogens (primary N) is 1. The number of nitrogens with one attached hydrogen (secondary N) is 1. The summed E-state index contributed by atoms with van der Waals surface area (Å²) >= 11 is 5.64. The molecule has 0 bridgehead atoms. The van der Waals surface area contributed by atoms with Gasteiger partial charge in [-0.25, -0.2) is 4.39 Å². The van der Waals surface area contributed by atoms with Crippen LogP contribution in [-0.4, -0.2) is 26.2 Å². The van der Waals surface area contributed by atoms with Gasteiger partial charge in [0.05, 0.1) is 11.6 Å². The van der Waals surface area contributed by atoms with Crippen molar-refractivity contribution >= 4 is 17.5 Å². The van der Waals surface area contributed by atoms with E-state index in [-0.39, 0.29) is 5.02 Å². The van der Waals surface area contributed by atoms with Gasteiger partial charge in [-0.1, -0.05) is 17.7 Å². The maximum Gasteiger partial charge on any atom is 0.239 e. The quantitative estimate of drug-likeness (QED) is 0.757. The second kappa shape index (κ2) is 6.54. The van der Waals surface area contributed by atoms with Gasteiger partial charge in [0.25, 0.3) is 0 Å². The Balaban J connectivity index is 2.82. The Morgan fingerprint density at radius 2 is 2.35 bits per heavy atom. The zero-order valence-electron chi connectivity index (χ0n) is 9.37. The standard InChI is InChI=1S/C11H14ClFN2O2/c1-17-5-4-15-10(11(14)16)7-2-3-9(13)8(12)6-7/h2-3,6,10,15H,4-5H2,1H3,(H2,14,16). The van der Waals surface area contributed by atoms with Crippen molar-refractivity contribution in [2.75, 3.05) is 20.3 Å². The number of carbonyl (C=O) groups is 1. The topological polar surface area (TPSA) is 64.3 Å². The zero-order valence-corrected chi connectivity index (χ0v) is 10.1. The first-order valence-corrected chi connectivity index (χ1v) is 5.40. The van der Waals surface area contributed by atoms with Crippen LogP contribution in [0.4, 0.5) is 4.39 Å². The maximum atomic E-state index is 13.0. The molecule has 1 amide bonds. The van der Waals surface area contributed by atoms with Crippen molar-refractivity contribution < 1.29 is 13.9 Å². The monoisotopic (exact) mass is 260 g/mol. The van der Waals surface area contributed by atoms with E-state index in [1.807, 2.05) is 0 Å². The Labute approximate surface area is 104 Å². The molecule has 0 aliphatic carbocycles. The molecule has 94 valence electrons. The van der Waals surface area contributed by atoms with Crippen molar-refractivity contribution in [3.05, 3.63) is 34.6 Å². The van der Waals surface area contributed by atoms with E-state index in [2.05, 4.69) is 5.32 Å². The molecule has 1 atom stereocenters. The molecule has 1 rings (SSSR count). The van der Waals surface area contributed by atoms with Gasteiger partial charge in [-0.15, -0.1) is 0 Å². The molecule has 0 saturated heterocycles. The Morgan fingerprint density at radius 1 is 1.65 bits per heavy atom. The molecular formula is C11H14ClFN2O2. The van der Waals surface area contributed by atoms with E-state index < -0.39 is 17.8 Å². The molecule has 0 heterocycles. The first kappa shape index (κ1) is 13.9. The van der Waals surface area contributed by atoms with E-state index in [4.69, 9.17) is 22.1 Å². The average molecular weight is 261 g/mol. The van der Waals surface area contributed by atoms with Crippen LogP contribution in [0.2, 0.25) is 5.02 Å². The van der Waals surface area contributed by atoms with Crippen LogP contribution in [0.25, 0.3) is 0 Å². The Kier molecular flexibility index (Phi) is 5.34. The van der Waals surface area contributed by atoms with Crippen LogP contribution in [-0.2, 0) is 9.53 Å². The molecule has 6 heteroatoms. The molecule has 1 aromatic carbocycles. The predicted molar refractivity (Wildman–Crippen MR) is 63.2 cm³/mol. The number of carbonyl (C=O) groups excluding carboxylic acids is 1. The second-order valence-corrected chi connectivity index (χ2v) is 3.86. The summed E-state index contributed by atoms with van der Waals surface area (Å²) in [7, 11) is 1.55. The molecule has 0 aromatic heterocycles. The van der Waals surface area contributed by atoms with E-state index in [9.17, 15) is 9.18 Å². The fourth-order valence-electron chi connectivity index (χ4n) is 1.38. The zero-order chi connectivity index (χ0) is 12.8. The normalized spacial score (nSPS) is 12.4. The molecule has 0 spiro atoms. The van der Waals surface area contributed by atoms with Crippen LogP contribution in [0.1, 0.15) is 11.6 Å². The molecule has 0 radical (unpaired) electrons. The van der Waals surface area contributed by atoms with Crippen molar-refractivity contribution in [2.45, 2.75) is 6.04 Å². The van der Waals surface area contributed by atoms with Gasteiger partial charge in [0.15, 0.2) is 0 Å². The van der Waals surface area contributed by atoms with Gasteiger partial charge < -0.3 is 10.5 Å². The number of methoxy groups -OCH3 is 1. The summed E-state index contributed by atoms with van der Waals surface area (Å²) in [5, 5.41) is 2.86. The third kappa shape index (κ3) is 3.96. The number of benzene rings is 1. The molecule has 17 heavy (non-hydrogen) atoms. The number of ether oxygens (including phenoxy) is 1. The largest absolute Gasteiger partial charge is 0.383 e. The summed E-state index contributed by atoms with van der Waals surface area (Å²) in [5.74, 6) is -1.08. The number of primary amides is 1. The van der Waals surface area contributed by atoms with Crippen molar-refractivity contribution in [3.8, 4) is 0 Å². The highest BCUT2D eigenvalue weighted by molar-refractivity contribution is 6.30. The van der Waals surface area contributed by atoms with Gasteiger partial charge in [-0.3, -0.25) is 10.1 Å². The van der Waals surface area contributed by atoms with Gasteiger partial charge in [-0.05, 0) is 17.7 Å². The minimum atomic E-state index is -0.705. The molecule has 4 nitrogen and oxygen atoms in total. The smallest absolute Gasteiger partial charge is 0.239 e. The minimum absolute atomic E-state index is 0.0395. The lowest BCUT2D eigenvalue weighted by Gasteiger charge is -2.15. The van der Waals surface area contributed by atoms with Gasteiger partial charge in [0, 0.05) is 13.7 Å². The highest BCUT2D eigenvalue weighted by Gasteiger charge is 2.17. The summed E-state index contributed by atoms with van der Waals surface area (Å²) in [4.78, 5) is 11.3. The molecule has 0 saturated carbocycles. The molecule has 0 aliphatic heterocycles. The highest BCUT2D eigenvalue weighted by Crippen LogP contribution is 2.20. The number of hydrogen-bond acceptors (Lipinski definition) is 3. The first-order valence-electron chi connectivity index (χ1n) is 5.03. The minimum Gasteiger partial charge on any atom is -0.383 e. The summed E-state index contributed by atoms with van der Waals surface area (Å²) in [5.41, 5.74) is 5.79. The summed E-state index contributed by atoms with van der Waals surface area (Å²) in [6.45, 7) is 0.901. The molecule has 1 aromatic rings. The Bertz CT molecular complexity index is 401. The SMILES string of the molecule is COCCNC(C(N)=O)c1ccc(F)c(Cl)c1. The third-order valence-electron chi connectivity index (χ3n) is 2.22. The third-order valence-corrected chi connectivity index (χ3v) is 2.51. The highest BCUT2D eigenvalue weighted by atomic mass is 35.5. The van der Waals surface area contributed by atoms with Crippen LogP contribution in [0.5, 0.6) is 0 Å². The van der Waals surface area contributed by atoms with Crippen molar-refractivity contribution in [2.24, 2.45) is 5.73 Å². The van der Waals surface area contributed by atoms with Gasteiger partial charge in [-0.2, -0.15) is 0 Å². The van der Waals surface area contributed by atoms with Crippen molar-refractivity contribution in [1.82, 2.24) is 5.32 Å². The maximum absolute atomic E-state index is 13.0. The first-order chi connectivity index (χ1) is 8.06. The number of rotatable bonds is 6. The number of amides is 1. The van der Waals surface area contributed by atoms with Gasteiger partial charge in [0.1, 0.15) is 11.9 Å². The van der Waals surface area contributed by atoms with Gasteiger partial charge >= 0.3 is 0 Å². The lowest BCUT2D eigenvalue weighted by atomic mass is 10.1. The second-order valence-electron chi connectivity index (χ2n) is 3.46. The molecule has 0 fully saturated rings. The van der Waals surface area contributed by atoms with Crippen LogP contribution in [0, 0.1) is 5.82 Å². The molecule has 0 aliphatic rings. The van der Waals surface area contributed by atoms with Crippen LogP contribution in [0.15, 0.2) is 18.2 Å². The van der Waals surface area contributed by atoms with E-state index >= 15 is 0 Å². The van der Waals surface area contributed by atoms with E-state index in [1.54, 1.807) is 7.11 Å². The van der Waals surface area contributed by atoms with E-state index in [1.165, 1.54) is 18.2 Å². The fourth-order valence-corrected chi connectivity index (χ4v) is 1.57. The Hall–Kier alpha value is -1.17. The molecule has 3 N–H and O–H groups in total. The summed E-state index contributed by atoms with van der Waals surface area (Å²) < 4.78 is 17.8. The predicted octanol–water partition coefficient (Wildman–Crippen LogP) is 1.24. The van der Waals surface area contributed by atoms with Gasteiger partial charge in [0.2, 0.25) is 5.91 Å². The van der Waals surface area contributed by atoms with Crippen LogP contribution < -0.4 is 11.1 Å². The van der Waals surface area contributed by atoms with Crippen molar-refractivity contribution in [1.29, 1.82) is 0 Å². The summed E-state index contributed by atoms with van der Waals surface area (Å²) in [6.07, 6.45) is 0. The van der Waals surface area contributed by atoms with Crippen LogP contribution >= 0.6 is 11.6 Å². The molecule has 1 unspecified atom stereocenters. The lowest BCUT2D eigenvalue weighted by Crippen LogP contribution is -2.35. The van der Waals surface area contributed by atoms with E-state index in [0.717, 1.165) is 0 Å². The molecular weight excluding hydrogens is 247 g/mol. The van der Waals surface area contributed by atoms with Crippen molar-refractivity contribution in [3.63, 3.8) is 0 Å².